The Hall–Kier alpha value is -1.32. The van der Waals surface area contributed by atoms with E-state index in [1.54, 1.807) is 17.8 Å². The summed E-state index contributed by atoms with van der Waals surface area (Å²) in [5.41, 5.74) is 9.03. The average molecular weight is 261 g/mol. The quantitative estimate of drug-likeness (QED) is 0.902. The largest absolute Gasteiger partial charge is 0.326 e. The summed E-state index contributed by atoms with van der Waals surface area (Å²) in [6, 6.07) is 11.1. The molecule has 2 aromatic rings. The van der Waals surface area contributed by atoms with E-state index in [0.29, 0.717) is 6.54 Å². The monoisotopic (exact) mass is 261 g/mol. The molecule has 1 nitrogen and oxygen atoms in total. The summed E-state index contributed by atoms with van der Waals surface area (Å²) >= 11 is 1.62. The van der Waals surface area contributed by atoms with Gasteiger partial charge in [-0.15, -0.1) is 0 Å². The topological polar surface area (TPSA) is 26.0 Å². The molecular weight excluding hydrogens is 245 g/mol. The van der Waals surface area contributed by atoms with Crippen LogP contribution in [0.2, 0.25) is 0 Å². The van der Waals surface area contributed by atoms with Crippen molar-refractivity contribution in [2.24, 2.45) is 5.73 Å². The highest BCUT2D eigenvalue weighted by Gasteiger charge is 2.05. The van der Waals surface area contributed by atoms with Crippen molar-refractivity contribution in [3.63, 3.8) is 0 Å². The first-order chi connectivity index (χ1) is 8.60. The van der Waals surface area contributed by atoms with Crippen molar-refractivity contribution in [3.05, 3.63) is 58.9 Å². The van der Waals surface area contributed by atoms with Gasteiger partial charge in [-0.1, -0.05) is 17.8 Å². The Morgan fingerprint density at radius 1 is 1.06 bits per heavy atom. The maximum atomic E-state index is 13.1. The molecule has 0 fully saturated rings. The normalized spacial score (nSPS) is 10.7. The van der Waals surface area contributed by atoms with E-state index in [-0.39, 0.29) is 5.82 Å². The summed E-state index contributed by atoms with van der Waals surface area (Å²) in [5.74, 6) is -0.236. The van der Waals surface area contributed by atoms with Gasteiger partial charge in [-0.05, 0) is 60.9 Å². The van der Waals surface area contributed by atoms with E-state index in [4.69, 9.17) is 5.73 Å². The Labute approximate surface area is 111 Å². The molecule has 0 heterocycles. The SMILES string of the molecule is Cc1ccc(Sc2ccc(F)cc2CN)cc1C. The van der Waals surface area contributed by atoms with Crippen LogP contribution in [0.1, 0.15) is 16.7 Å². The van der Waals surface area contributed by atoms with Gasteiger partial charge >= 0.3 is 0 Å². The van der Waals surface area contributed by atoms with Crippen LogP contribution in [-0.2, 0) is 6.54 Å². The third-order valence-corrected chi connectivity index (χ3v) is 4.06. The van der Waals surface area contributed by atoms with Crippen molar-refractivity contribution in [1.29, 1.82) is 0 Å². The van der Waals surface area contributed by atoms with Crippen molar-refractivity contribution < 1.29 is 4.39 Å². The molecule has 0 aliphatic rings. The standard InChI is InChI=1S/C15H16FNS/c1-10-3-5-14(7-11(10)2)18-15-6-4-13(16)8-12(15)9-17/h3-8H,9,17H2,1-2H3. The summed E-state index contributed by atoms with van der Waals surface area (Å²) < 4.78 is 13.1. The Morgan fingerprint density at radius 3 is 2.50 bits per heavy atom. The highest BCUT2D eigenvalue weighted by Crippen LogP contribution is 2.31. The highest BCUT2D eigenvalue weighted by molar-refractivity contribution is 7.99. The molecule has 18 heavy (non-hydrogen) atoms. The van der Waals surface area contributed by atoms with Crippen molar-refractivity contribution in [3.8, 4) is 0 Å². The predicted molar refractivity (Wildman–Crippen MR) is 74.3 cm³/mol. The lowest BCUT2D eigenvalue weighted by atomic mass is 10.1. The van der Waals surface area contributed by atoms with Crippen LogP contribution in [-0.4, -0.2) is 0 Å². The minimum Gasteiger partial charge on any atom is -0.326 e. The Kier molecular flexibility index (Phi) is 4.04. The van der Waals surface area contributed by atoms with E-state index in [1.807, 2.05) is 0 Å². The Bertz CT molecular complexity index is 566. The van der Waals surface area contributed by atoms with Gasteiger partial charge in [0.25, 0.3) is 0 Å². The molecule has 94 valence electrons. The van der Waals surface area contributed by atoms with Crippen LogP contribution in [0.3, 0.4) is 0 Å². The van der Waals surface area contributed by atoms with Crippen LogP contribution in [0.4, 0.5) is 4.39 Å². The van der Waals surface area contributed by atoms with E-state index < -0.39 is 0 Å². The Balaban J connectivity index is 2.30. The van der Waals surface area contributed by atoms with E-state index in [2.05, 4.69) is 32.0 Å². The van der Waals surface area contributed by atoms with Gasteiger partial charge in [0.15, 0.2) is 0 Å². The molecule has 0 spiro atoms. The van der Waals surface area contributed by atoms with Gasteiger partial charge in [0.1, 0.15) is 5.82 Å². The molecule has 0 unspecified atom stereocenters. The minimum atomic E-state index is -0.236. The number of halogens is 1. The van der Waals surface area contributed by atoms with Crippen molar-refractivity contribution in [1.82, 2.24) is 0 Å². The summed E-state index contributed by atoms with van der Waals surface area (Å²) in [4.78, 5) is 2.17. The molecule has 3 heteroatoms. The van der Waals surface area contributed by atoms with Gasteiger partial charge in [-0.3, -0.25) is 0 Å². The molecule has 2 N–H and O–H groups in total. The first kappa shape index (κ1) is 13.1. The molecule has 0 aliphatic carbocycles. The van der Waals surface area contributed by atoms with Gasteiger partial charge in [-0.2, -0.15) is 0 Å². The van der Waals surface area contributed by atoms with Crippen LogP contribution in [0, 0.1) is 19.7 Å². The van der Waals surface area contributed by atoms with E-state index in [0.717, 1.165) is 15.4 Å². The number of benzene rings is 2. The van der Waals surface area contributed by atoms with Gasteiger partial charge in [0.2, 0.25) is 0 Å². The number of hydrogen-bond donors (Lipinski definition) is 1. The fourth-order valence-corrected chi connectivity index (χ4v) is 2.75. The number of hydrogen-bond acceptors (Lipinski definition) is 2. The molecule has 0 aliphatic heterocycles. The van der Waals surface area contributed by atoms with Gasteiger partial charge in [-0.25, -0.2) is 4.39 Å². The van der Waals surface area contributed by atoms with E-state index in [1.165, 1.54) is 23.3 Å². The molecule has 0 radical (unpaired) electrons. The van der Waals surface area contributed by atoms with Gasteiger partial charge < -0.3 is 5.73 Å². The van der Waals surface area contributed by atoms with Crippen LogP contribution in [0.15, 0.2) is 46.2 Å². The fourth-order valence-electron chi connectivity index (χ4n) is 1.71. The summed E-state index contributed by atoms with van der Waals surface area (Å²) in [6.45, 7) is 4.53. The maximum absolute atomic E-state index is 13.1. The fraction of sp³-hybridized carbons (Fsp3) is 0.200. The van der Waals surface area contributed by atoms with Crippen molar-refractivity contribution >= 4 is 11.8 Å². The second-order valence-corrected chi connectivity index (χ2v) is 5.42. The smallest absolute Gasteiger partial charge is 0.123 e. The van der Waals surface area contributed by atoms with E-state index >= 15 is 0 Å². The lowest BCUT2D eigenvalue weighted by molar-refractivity contribution is 0.623. The third-order valence-electron chi connectivity index (χ3n) is 2.95. The van der Waals surface area contributed by atoms with Crippen LogP contribution in [0.25, 0.3) is 0 Å². The molecular formula is C15H16FNS. The van der Waals surface area contributed by atoms with Crippen molar-refractivity contribution in [2.75, 3.05) is 0 Å². The van der Waals surface area contributed by atoms with Crippen LogP contribution < -0.4 is 5.73 Å². The summed E-state index contributed by atoms with van der Waals surface area (Å²) in [7, 11) is 0. The molecule has 0 bridgehead atoms. The maximum Gasteiger partial charge on any atom is 0.123 e. The predicted octanol–water partition coefficient (Wildman–Crippen LogP) is 4.05. The summed E-state index contributed by atoms with van der Waals surface area (Å²) in [6.07, 6.45) is 0. The molecule has 2 rings (SSSR count). The average Bonchev–Trinajstić information content (AvgIpc) is 2.36. The summed E-state index contributed by atoms with van der Waals surface area (Å²) in [5, 5.41) is 0. The third kappa shape index (κ3) is 2.92. The van der Waals surface area contributed by atoms with Crippen LogP contribution >= 0.6 is 11.8 Å². The zero-order valence-corrected chi connectivity index (χ0v) is 11.4. The zero-order chi connectivity index (χ0) is 13.1. The molecule has 2 aromatic carbocycles. The first-order valence-corrected chi connectivity index (χ1v) is 6.65. The molecule has 0 saturated carbocycles. The molecule has 0 amide bonds. The van der Waals surface area contributed by atoms with E-state index in [9.17, 15) is 4.39 Å². The lowest BCUT2D eigenvalue weighted by Gasteiger charge is -2.09. The molecule has 0 saturated heterocycles. The van der Waals surface area contributed by atoms with Gasteiger partial charge in [0.05, 0.1) is 0 Å². The lowest BCUT2D eigenvalue weighted by Crippen LogP contribution is -1.99. The zero-order valence-electron chi connectivity index (χ0n) is 10.5. The minimum absolute atomic E-state index is 0.236. The highest BCUT2D eigenvalue weighted by atomic mass is 32.2. The Morgan fingerprint density at radius 2 is 1.83 bits per heavy atom. The van der Waals surface area contributed by atoms with Crippen molar-refractivity contribution in [2.45, 2.75) is 30.2 Å². The second kappa shape index (κ2) is 5.55. The number of aryl methyl sites for hydroxylation is 2. The number of nitrogens with two attached hydrogens (primary N) is 1. The number of rotatable bonds is 3. The molecule has 0 atom stereocenters. The second-order valence-electron chi connectivity index (χ2n) is 4.30. The first-order valence-electron chi connectivity index (χ1n) is 5.84. The van der Waals surface area contributed by atoms with Gasteiger partial charge in [0, 0.05) is 16.3 Å². The molecule has 0 aromatic heterocycles. The van der Waals surface area contributed by atoms with Crippen LogP contribution in [0.5, 0.6) is 0 Å².